The number of benzene rings is 2. The normalized spacial score (nSPS) is 50.6. The van der Waals surface area contributed by atoms with E-state index in [1.807, 2.05) is 0 Å². The van der Waals surface area contributed by atoms with Crippen LogP contribution in [0.2, 0.25) is 0 Å². The van der Waals surface area contributed by atoms with Crippen LogP contribution in [0.3, 0.4) is 0 Å². The lowest BCUT2D eigenvalue weighted by atomic mass is 9.50. The van der Waals surface area contributed by atoms with Gasteiger partial charge in [-0.1, -0.05) is 55.0 Å². The second-order valence-corrected chi connectivity index (χ2v) is 17.4. The number of para-hydroxylation sites is 2. The van der Waals surface area contributed by atoms with Crippen LogP contribution in [0.1, 0.15) is 75.5 Å². The van der Waals surface area contributed by atoms with E-state index in [0.29, 0.717) is 12.0 Å². The molecule has 244 valence electrons. The van der Waals surface area contributed by atoms with Crippen LogP contribution >= 0.6 is 0 Å². The molecule has 4 spiro atoms. The summed E-state index contributed by atoms with van der Waals surface area (Å²) < 4.78 is 5.80. The van der Waals surface area contributed by atoms with E-state index in [9.17, 15) is 4.79 Å². The molecule has 2 saturated carbocycles. The number of fused-ring (bicyclic) bond motifs is 3. The topological polar surface area (TPSA) is 59.1 Å². The van der Waals surface area contributed by atoms with Crippen LogP contribution in [-0.4, -0.2) is 79.0 Å². The summed E-state index contributed by atoms with van der Waals surface area (Å²) in [5, 5.41) is 15.0. The lowest BCUT2D eigenvalue weighted by Crippen LogP contribution is -2.81. The lowest BCUT2D eigenvalue weighted by Gasteiger charge is -2.71. The van der Waals surface area contributed by atoms with Crippen molar-refractivity contribution in [1.29, 1.82) is 0 Å². The van der Waals surface area contributed by atoms with E-state index in [2.05, 4.69) is 77.1 Å². The average Bonchev–Trinajstić information content (AvgIpc) is 3.80. The zero-order chi connectivity index (χ0) is 31.5. The molecular weight excluding hydrogens is 584 g/mol. The zero-order valence-electron chi connectivity index (χ0n) is 28.0. The van der Waals surface area contributed by atoms with Gasteiger partial charge in [-0.05, 0) is 75.1 Å². The van der Waals surface area contributed by atoms with Gasteiger partial charge >= 0.3 is 5.97 Å². The molecule has 12 rings (SSSR count). The van der Waals surface area contributed by atoms with Crippen LogP contribution in [0.4, 0.5) is 11.4 Å². The molecule has 7 heteroatoms. The van der Waals surface area contributed by atoms with Crippen LogP contribution in [0, 0.1) is 22.5 Å². The number of rotatable bonds is 1. The van der Waals surface area contributed by atoms with Gasteiger partial charge in [0.15, 0.2) is 0 Å². The Labute approximate surface area is 277 Å². The fourth-order valence-corrected chi connectivity index (χ4v) is 16.4. The van der Waals surface area contributed by atoms with Gasteiger partial charge in [0.05, 0.1) is 36.7 Å². The van der Waals surface area contributed by atoms with Crippen molar-refractivity contribution >= 4 is 17.3 Å². The molecule has 10 aliphatic rings. The van der Waals surface area contributed by atoms with Crippen LogP contribution in [0.25, 0.3) is 0 Å². The molecule has 2 aromatic carbocycles. The Morgan fingerprint density at radius 2 is 1.85 bits per heavy atom. The second kappa shape index (κ2) is 7.79. The number of hydrogen-bond acceptors (Lipinski definition) is 6. The molecule has 0 aromatic heterocycles. The van der Waals surface area contributed by atoms with Crippen molar-refractivity contribution in [2.24, 2.45) is 17.3 Å². The number of ether oxygens (including phenoxy) is 1. The van der Waals surface area contributed by atoms with E-state index in [1.165, 1.54) is 52.9 Å². The molecule has 0 radical (unpaired) electrons. The number of anilines is 2. The Balaban J connectivity index is 1.20. The van der Waals surface area contributed by atoms with Crippen molar-refractivity contribution in [3.8, 4) is 0 Å². The van der Waals surface area contributed by atoms with Crippen molar-refractivity contribution < 1.29 is 14.2 Å². The Morgan fingerprint density at radius 1 is 1.02 bits per heavy atom. The van der Waals surface area contributed by atoms with Gasteiger partial charge in [-0.2, -0.15) is 0 Å². The lowest BCUT2D eigenvalue weighted by molar-refractivity contribution is -0.908. The molecule has 11 atom stereocenters. The first kappa shape index (κ1) is 27.0. The largest absolute Gasteiger partial charge is 0.633 e. The highest BCUT2D eigenvalue weighted by Gasteiger charge is 2.89. The minimum atomic E-state index is -0.370. The maximum absolute atomic E-state index is 15.0. The molecule has 8 heterocycles. The van der Waals surface area contributed by atoms with Gasteiger partial charge in [0.1, 0.15) is 12.1 Å². The van der Waals surface area contributed by atoms with Gasteiger partial charge in [-0.3, -0.25) is 4.90 Å². The van der Waals surface area contributed by atoms with E-state index >= 15 is 5.21 Å². The van der Waals surface area contributed by atoms with Crippen LogP contribution < -0.4 is 9.80 Å². The van der Waals surface area contributed by atoms with Crippen molar-refractivity contribution in [3.05, 3.63) is 76.0 Å². The van der Waals surface area contributed by atoms with E-state index in [-0.39, 0.29) is 55.9 Å². The van der Waals surface area contributed by atoms with Crippen LogP contribution in [0.15, 0.2) is 54.1 Å². The molecule has 47 heavy (non-hydrogen) atoms. The van der Waals surface area contributed by atoms with Gasteiger partial charge in [0.2, 0.25) is 0 Å². The molecule has 7 fully saturated rings. The maximum Gasteiger partial charge on any atom is 0.329 e. The third kappa shape index (κ3) is 2.27. The van der Waals surface area contributed by atoms with Gasteiger partial charge in [0.25, 0.3) is 0 Å². The second-order valence-electron chi connectivity index (χ2n) is 17.4. The summed E-state index contributed by atoms with van der Waals surface area (Å²) in [4.78, 5) is 22.7. The van der Waals surface area contributed by atoms with Crippen LogP contribution in [-0.2, 0) is 25.9 Å². The molecule has 0 N–H and O–H groups in total. The number of carbonyl (C=O) groups excluding carboxylic acids is 1. The number of nitrogens with zero attached hydrogens (tertiary/aromatic N) is 4. The number of quaternary nitrogens is 1. The van der Waals surface area contributed by atoms with E-state index in [4.69, 9.17) is 4.74 Å². The summed E-state index contributed by atoms with van der Waals surface area (Å²) >= 11 is 0. The third-order valence-corrected chi connectivity index (χ3v) is 17.3. The van der Waals surface area contributed by atoms with Gasteiger partial charge in [0, 0.05) is 59.2 Å². The van der Waals surface area contributed by atoms with Crippen molar-refractivity contribution in [2.45, 2.75) is 98.8 Å². The SMILES string of the molecule is C/C=C1/CN2CC[C@@]34CN5c6c(cccc6[C@@]67CC[N+]8([O-])CCC[C@@]9(CC[C@]56[C@H]9C)[C@@H]78)[C@@]35[C@@H]2C[C@H]1[C@@H](C(=O)OC)N5c1ccccc14. The molecule has 5 saturated heterocycles. The predicted molar refractivity (Wildman–Crippen MR) is 180 cm³/mol. The molecule has 0 amide bonds. The smallest absolute Gasteiger partial charge is 0.329 e. The molecule has 2 aliphatic carbocycles. The van der Waals surface area contributed by atoms with Gasteiger partial charge < -0.3 is 24.4 Å². The standard InChI is InChI=1S/C40H46N4O3/c1-4-25-22-41-18-16-37-23-42-33-28(38-17-20-44(46)19-8-13-36(35(38)44)14-15-39(38,42)24(36)2)10-7-11-29(33)40(37)31(41)21-26(25)32(34(45)47-3)43(40)30-12-6-5-9-27(30)37/h4-7,9-12,24,26,31-32,35H,8,13-23H2,1-3H3/b25-4-/t24-,26+,31-,32-,35-,36-,37-,38+,39+,40+,44?/m0/s1. The Bertz CT molecular complexity index is 1880. The minimum Gasteiger partial charge on any atom is -0.633 e. The molecule has 1 unspecified atom stereocenters. The Hall–Kier alpha value is -2.87. The molecule has 2 aromatic rings. The quantitative estimate of drug-likeness (QED) is 0.183. The Morgan fingerprint density at radius 3 is 2.70 bits per heavy atom. The van der Waals surface area contributed by atoms with Crippen molar-refractivity contribution in [3.63, 3.8) is 0 Å². The van der Waals surface area contributed by atoms with E-state index in [0.717, 1.165) is 58.4 Å². The van der Waals surface area contributed by atoms with Gasteiger partial charge in [-0.25, -0.2) is 4.79 Å². The fourth-order valence-electron chi connectivity index (χ4n) is 16.4. The molecule has 8 aliphatic heterocycles. The average molecular weight is 631 g/mol. The maximum atomic E-state index is 15.0. The predicted octanol–water partition coefficient (Wildman–Crippen LogP) is 5.36. The van der Waals surface area contributed by atoms with Crippen LogP contribution in [0.5, 0.6) is 0 Å². The highest BCUT2D eigenvalue weighted by Crippen LogP contribution is 2.84. The number of allylic oxidation sites excluding steroid dienone is 1. The van der Waals surface area contributed by atoms with Gasteiger partial charge in [-0.15, -0.1) is 0 Å². The first-order valence-corrected chi connectivity index (χ1v) is 18.7. The van der Waals surface area contributed by atoms with Crippen molar-refractivity contribution in [1.82, 2.24) is 4.90 Å². The number of piperidine rings is 4. The van der Waals surface area contributed by atoms with E-state index in [1.54, 1.807) is 7.11 Å². The summed E-state index contributed by atoms with van der Waals surface area (Å²) in [6.45, 7) is 9.30. The first-order valence-electron chi connectivity index (χ1n) is 18.7. The number of carbonyl (C=O) groups is 1. The molecular formula is C40H46N4O3. The Kier molecular flexibility index (Phi) is 4.48. The number of esters is 1. The molecule has 7 nitrogen and oxygen atoms in total. The highest BCUT2D eigenvalue weighted by atomic mass is 16.6. The minimum absolute atomic E-state index is 0.00958. The number of hydrogen-bond donors (Lipinski definition) is 0. The summed E-state index contributed by atoms with van der Waals surface area (Å²) in [7, 11) is 1.58. The summed E-state index contributed by atoms with van der Waals surface area (Å²) in [5.74, 6) is 0.533. The summed E-state index contributed by atoms with van der Waals surface area (Å²) in [5.41, 5.74) is 8.00. The number of methoxy groups -OCH3 is 1. The van der Waals surface area contributed by atoms with Crippen molar-refractivity contribution in [2.75, 3.05) is 49.6 Å². The summed E-state index contributed by atoms with van der Waals surface area (Å²) in [6, 6.07) is 16.6. The summed E-state index contributed by atoms with van der Waals surface area (Å²) in [6.07, 6.45) is 10.1. The number of hydroxylamine groups is 3. The first-order chi connectivity index (χ1) is 22.8. The zero-order valence-corrected chi connectivity index (χ0v) is 28.0. The van der Waals surface area contributed by atoms with E-state index < -0.39 is 0 Å². The molecule has 4 bridgehead atoms. The monoisotopic (exact) mass is 630 g/mol. The third-order valence-electron chi connectivity index (χ3n) is 17.3. The highest BCUT2D eigenvalue weighted by molar-refractivity contribution is 5.90. The fraction of sp³-hybridized carbons (Fsp3) is 0.625.